The van der Waals surface area contributed by atoms with Crippen LogP contribution >= 0.6 is 0 Å². The Bertz CT molecular complexity index is 1320. The number of likely N-dealkylation sites (tertiary alicyclic amines) is 1. The third kappa shape index (κ3) is 5.58. The number of carbonyl (C=O) groups excluding carboxylic acids is 4. The van der Waals surface area contributed by atoms with E-state index < -0.39 is 53.1 Å². The maximum absolute atomic E-state index is 14.7. The van der Waals surface area contributed by atoms with Gasteiger partial charge in [0.1, 0.15) is 18.2 Å². The van der Waals surface area contributed by atoms with Crippen LogP contribution in [0.2, 0.25) is 0 Å². The monoisotopic (exact) mass is 607 g/mol. The van der Waals surface area contributed by atoms with Crippen LogP contribution in [-0.4, -0.2) is 87.7 Å². The molecule has 0 unspecified atom stereocenters. The van der Waals surface area contributed by atoms with Crippen LogP contribution in [0.3, 0.4) is 0 Å². The first-order chi connectivity index (χ1) is 20.9. The molecule has 0 bridgehead atoms. The molecule has 4 aliphatic rings. The molecule has 1 spiro atoms. The predicted octanol–water partition coefficient (Wildman–Crippen LogP) is 2.92. The summed E-state index contributed by atoms with van der Waals surface area (Å²) in [5.41, 5.74) is -1.23. The summed E-state index contributed by atoms with van der Waals surface area (Å²) >= 11 is 0. The number of amides is 3. The first kappa shape index (κ1) is 31.9. The standard InChI is InChI=1S/C34H45N3O7/c1-6-21(2)24(19-38)37-29-32(42)36(33(3,4)5)18-12-17-34(29)28(31(37)41)27-25(44-34)15-10-11-16-26(39)43-20-23(35-30(27)40)22-13-8-7-9-14-22/h7-10,12-15,17,21,23-25,27-29,38H,6,11,16,18-20H2,1-5H3,(H,35,40)/b15-10-/t21-,23+,24-,25-,27+,28+,29-,34+/m0/s1. The van der Waals surface area contributed by atoms with Gasteiger partial charge in [0.2, 0.25) is 17.7 Å². The zero-order valence-corrected chi connectivity index (χ0v) is 26.3. The number of carbonyl (C=O) groups is 4. The topological polar surface area (TPSA) is 125 Å². The van der Waals surface area contributed by atoms with Gasteiger partial charge >= 0.3 is 5.97 Å². The molecule has 1 aromatic rings. The van der Waals surface area contributed by atoms with Gasteiger partial charge in [-0.25, -0.2) is 0 Å². The Morgan fingerprint density at radius 3 is 2.48 bits per heavy atom. The smallest absolute Gasteiger partial charge is 0.306 e. The molecule has 10 heteroatoms. The number of nitrogens with one attached hydrogen (secondary N) is 1. The van der Waals surface area contributed by atoms with Crippen molar-refractivity contribution in [2.45, 2.75) is 89.3 Å². The van der Waals surface area contributed by atoms with Crippen molar-refractivity contribution in [3.8, 4) is 0 Å². The van der Waals surface area contributed by atoms with Crippen molar-refractivity contribution < 1.29 is 33.8 Å². The summed E-state index contributed by atoms with van der Waals surface area (Å²) in [6, 6.07) is 6.88. The van der Waals surface area contributed by atoms with Crippen molar-refractivity contribution in [3.63, 3.8) is 0 Å². The third-order valence-electron chi connectivity index (χ3n) is 9.66. The molecule has 2 saturated heterocycles. The molecular formula is C34H45N3O7. The Kier molecular flexibility index (Phi) is 9.05. The van der Waals surface area contributed by atoms with E-state index in [9.17, 15) is 24.3 Å². The zero-order chi connectivity index (χ0) is 31.8. The van der Waals surface area contributed by atoms with Crippen molar-refractivity contribution in [2.75, 3.05) is 19.8 Å². The minimum atomic E-state index is -1.43. The lowest BCUT2D eigenvalue weighted by Crippen LogP contribution is -2.61. The Labute approximate surface area is 259 Å². The van der Waals surface area contributed by atoms with Crippen molar-refractivity contribution >= 4 is 23.7 Å². The summed E-state index contributed by atoms with van der Waals surface area (Å²) < 4.78 is 12.3. The summed E-state index contributed by atoms with van der Waals surface area (Å²) in [6.45, 7) is 9.70. The number of rotatable bonds is 5. The number of esters is 1. The normalized spacial score (nSPS) is 33.2. The van der Waals surface area contributed by atoms with Gasteiger partial charge in [0, 0.05) is 18.5 Å². The molecule has 4 aliphatic heterocycles. The fraction of sp³-hybridized carbons (Fsp3) is 0.588. The highest BCUT2D eigenvalue weighted by Crippen LogP contribution is 2.54. The lowest BCUT2D eigenvalue weighted by Gasteiger charge is -2.43. The highest BCUT2D eigenvalue weighted by atomic mass is 16.5. The van der Waals surface area contributed by atoms with Gasteiger partial charge in [-0.15, -0.1) is 0 Å². The summed E-state index contributed by atoms with van der Waals surface area (Å²) in [5.74, 6) is -3.55. The van der Waals surface area contributed by atoms with Gasteiger partial charge < -0.3 is 29.7 Å². The number of fused-ring (bicyclic) bond motifs is 2. The van der Waals surface area contributed by atoms with Crippen LogP contribution in [0.5, 0.6) is 0 Å². The van der Waals surface area contributed by atoms with Crippen molar-refractivity contribution in [1.82, 2.24) is 15.1 Å². The maximum atomic E-state index is 14.7. The number of aliphatic hydroxyl groups is 1. The predicted molar refractivity (Wildman–Crippen MR) is 163 cm³/mol. The van der Waals surface area contributed by atoms with Gasteiger partial charge in [-0.2, -0.15) is 0 Å². The van der Waals surface area contributed by atoms with E-state index in [1.807, 2.05) is 77.1 Å². The molecule has 2 N–H and O–H groups in total. The Hall–Kier alpha value is -3.50. The lowest BCUT2D eigenvalue weighted by molar-refractivity contribution is -0.155. The minimum Gasteiger partial charge on any atom is -0.463 e. The van der Waals surface area contributed by atoms with E-state index >= 15 is 0 Å². The van der Waals surface area contributed by atoms with Crippen molar-refractivity contribution in [3.05, 3.63) is 60.2 Å². The van der Waals surface area contributed by atoms with Gasteiger partial charge in [0.25, 0.3) is 0 Å². The molecule has 0 radical (unpaired) electrons. The summed E-state index contributed by atoms with van der Waals surface area (Å²) in [6.07, 6.45) is 7.56. The largest absolute Gasteiger partial charge is 0.463 e. The molecule has 3 amide bonds. The SMILES string of the molecule is CC[C@H](C)[C@H](CO)N1C(=O)[C@H]2[C@@H]3C(=O)N[C@@H](c4ccccc4)COC(=O)CC/C=C\[C@@H]3O[C@]23C=CCN(C(C)(C)C)C(=O)[C@H]13. The highest BCUT2D eigenvalue weighted by molar-refractivity contribution is 6.00. The Balaban J connectivity index is 1.64. The second kappa shape index (κ2) is 12.5. The second-order valence-electron chi connectivity index (χ2n) is 13.4. The number of allylic oxidation sites excluding steroid dienone is 1. The molecule has 8 atom stereocenters. The van der Waals surface area contributed by atoms with Crippen LogP contribution in [0.15, 0.2) is 54.6 Å². The fourth-order valence-electron chi connectivity index (χ4n) is 7.15. The highest BCUT2D eigenvalue weighted by Gasteiger charge is 2.72. The third-order valence-corrected chi connectivity index (χ3v) is 9.66. The number of nitrogens with zero attached hydrogens (tertiary/aromatic N) is 2. The second-order valence-corrected chi connectivity index (χ2v) is 13.4. The molecule has 4 heterocycles. The number of benzene rings is 1. The number of aliphatic hydroxyl groups excluding tert-OH is 1. The minimum absolute atomic E-state index is 0.0609. The number of hydrogen-bond donors (Lipinski definition) is 2. The van der Waals surface area contributed by atoms with E-state index in [2.05, 4.69) is 5.32 Å². The molecule has 1 aromatic carbocycles. The molecule has 0 saturated carbocycles. The molecular weight excluding hydrogens is 562 g/mol. The number of cyclic esters (lactones) is 1. The van der Waals surface area contributed by atoms with Crippen LogP contribution in [0.1, 0.15) is 65.5 Å². The molecule has 10 nitrogen and oxygen atoms in total. The van der Waals surface area contributed by atoms with Gasteiger partial charge in [-0.1, -0.05) is 74.9 Å². The number of hydrogen-bond acceptors (Lipinski definition) is 7. The van der Waals surface area contributed by atoms with E-state index in [1.165, 1.54) is 4.90 Å². The number of ether oxygens (including phenoxy) is 2. The quantitative estimate of drug-likeness (QED) is 0.390. The van der Waals surface area contributed by atoms with Crippen molar-refractivity contribution in [2.24, 2.45) is 17.8 Å². The van der Waals surface area contributed by atoms with Gasteiger partial charge in [-0.3, -0.25) is 19.2 Å². The molecule has 238 valence electrons. The lowest BCUT2D eigenvalue weighted by atomic mass is 9.77. The Morgan fingerprint density at radius 1 is 1.09 bits per heavy atom. The van der Waals surface area contributed by atoms with Crippen LogP contribution in [0.25, 0.3) is 0 Å². The van der Waals surface area contributed by atoms with Crippen molar-refractivity contribution in [1.29, 1.82) is 0 Å². The van der Waals surface area contributed by atoms with Crippen LogP contribution < -0.4 is 5.32 Å². The summed E-state index contributed by atoms with van der Waals surface area (Å²) in [7, 11) is 0. The Morgan fingerprint density at radius 2 is 1.82 bits per heavy atom. The van der Waals surface area contributed by atoms with Crippen LogP contribution in [-0.2, 0) is 28.7 Å². The summed E-state index contributed by atoms with van der Waals surface area (Å²) in [5, 5.41) is 13.7. The van der Waals surface area contributed by atoms with E-state index in [4.69, 9.17) is 9.47 Å². The van der Waals surface area contributed by atoms with Gasteiger partial charge in [0.15, 0.2) is 0 Å². The van der Waals surface area contributed by atoms with Crippen LogP contribution in [0.4, 0.5) is 0 Å². The molecule has 5 rings (SSSR count). The summed E-state index contributed by atoms with van der Waals surface area (Å²) in [4.78, 5) is 59.3. The molecule has 0 aliphatic carbocycles. The van der Waals surface area contributed by atoms with Gasteiger partial charge in [-0.05, 0) is 38.7 Å². The van der Waals surface area contributed by atoms with Gasteiger partial charge in [0.05, 0.1) is 36.6 Å². The first-order valence-electron chi connectivity index (χ1n) is 15.7. The average molecular weight is 608 g/mol. The van der Waals surface area contributed by atoms with E-state index in [0.29, 0.717) is 19.4 Å². The molecule has 44 heavy (non-hydrogen) atoms. The fourth-order valence-corrected chi connectivity index (χ4v) is 7.15. The van der Waals surface area contributed by atoms with E-state index in [0.717, 1.165) is 5.56 Å². The first-order valence-corrected chi connectivity index (χ1v) is 15.7. The molecule has 0 aromatic heterocycles. The van der Waals surface area contributed by atoms with Crippen LogP contribution in [0, 0.1) is 17.8 Å². The van der Waals surface area contributed by atoms with E-state index in [1.54, 1.807) is 17.1 Å². The van der Waals surface area contributed by atoms with E-state index in [-0.39, 0.29) is 43.3 Å². The molecule has 2 fully saturated rings. The average Bonchev–Trinajstić information content (AvgIpc) is 3.37. The zero-order valence-electron chi connectivity index (χ0n) is 26.3. The maximum Gasteiger partial charge on any atom is 0.306 e.